The molecule has 0 bridgehead atoms. The van der Waals surface area contributed by atoms with E-state index >= 15 is 0 Å². The van der Waals surface area contributed by atoms with E-state index in [4.69, 9.17) is 0 Å². The van der Waals surface area contributed by atoms with Gasteiger partial charge in [0.1, 0.15) is 0 Å². The number of allylic oxidation sites excluding steroid dienone is 3. The van der Waals surface area contributed by atoms with Crippen LogP contribution in [0.3, 0.4) is 0 Å². The zero-order valence-corrected chi connectivity index (χ0v) is 15.6. The van der Waals surface area contributed by atoms with E-state index in [0.717, 1.165) is 13.0 Å². The van der Waals surface area contributed by atoms with Crippen molar-refractivity contribution < 1.29 is 4.79 Å². The fourth-order valence-corrected chi connectivity index (χ4v) is 9.75. The average Bonchev–Trinajstić information content (AvgIpc) is 3.21. The van der Waals surface area contributed by atoms with Crippen LogP contribution in [-0.2, 0) is 0 Å². The number of hydrogen-bond donors (Lipinski definition) is 0. The lowest BCUT2D eigenvalue weighted by Crippen LogP contribution is -2.57. The van der Waals surface area contributed by atoms with Crippen molar-refractivity contribution in [3.63, 3.8) is 0 Å². The van der Waals surface area contributed by atoms with Gasteiger partial charge in [-0.3, -0.25) is 4.90 Å². The number of nitrogens with zero attached hydrogens (tertiary/aromatic N) is 2. The highest BCUT2D eigenvalue weighted by atomic mass is 28.3. The van der Waals surface area contributed by atoms with Crippen molar-refractivity contribution in [3.05, 3.63) is 23.4 Å². The first-order chi connectivity index (χ1) is 10.6. The van der Waals surface area contributed by atoms with Crippen LogP contribution in [0.25, 0.3) is 0 Å². The van der Waals surface area contributed by atoms with Crippen LogP contribution in [0, 0.1) is 0 Å². The van der Waals surface area contributed by atoms with Crippen molar-refractivity contribution in [1.82, 2.24) is 9.80 Å². The summed E-state index contributed by atoms with van der Waals surface area (Å²) < 4.78 is 0. The van der Waals surface area contributed by atoms with Gasteiger partial charge in [-0.25, -0.2) is 4.79 Å². The summed E-state index contributed by atoms with van der Waals surface area (Å²) in [5.74, 6) is 0. The molecule has 0 unspecified atom stereocenters. The van der Waals surface area contributed by atoms with Crippen LogP contribution in [0.15, 0.2) is 23.4 Å². The fourth-order valence-electron chi connectivity index (χ4n) is 5.02. The highest BCUT2D eigenvalue weighted by Gasteiger charge is 2.56. The number of rotatable bonds is 5. The number of urea groups is 1. The molecule has 3 nitrogen and oxygen atoms in total. The third-order valence-electron chi connectivity index (χ3n) is 6.56. The predicted molar refractivity (Wildman–Crippen MR) is 94.4 cm³/mol. The van der Waals surface area contributed by atoms with E-state index in [1.54, 1.807) is 0 Å². The zero-order chi connectivity index (χ0) is 15.9. The standard InChI is InChI=1S/C18H30N2OSi/c1-5-22(6-2,7-3)17-16-12-9-13-19(16)18(21)20(17)15-11-8-10-14(15)4/h8,10,16-17H,5-7,9,11-13H2,1-4H3/t16-,17+/m0/s1. The van der Waals surface area contributed by atoms with E-state index in [9.17, 15) is 4.79 Å². The van der Waals surface area contributed by atoms with E-state index in [1.165, 1.54) is 42.2 Å². The molecule has 2 amide bonds. The van der Waals surface area contributed by atoms with Crippen molar-refractivity contribution in [2.45, 2.75) is 76.8 Å². The molecule has 1 aliphatic carbocycles. The summed E-state index contributed by atoms with van der Waals surface area (Å²) in [6, 6.07) is 4.66. The largest absolute Gasteiger partial charge is 0.324 e. The van der Waals surface area contributed by atoms with E-state index in [0.29, 0.717) is 17.7 Å². The Morgan fingerprint density at radius 3 is 2.45 bits per heavy atom. The highest BCUT2D eigenvalue weighted by molar-refractivity contribution is 6.81. The number of fused-ring (bicyclic) bond motifs is 1. The minimum atomic E-state index is -1.47. The van der Waals surface area contributed by atoms with Crippen LogP contribution < -0.4 is 0 Å². The Hall–Kier alpha value is -1.03. The second-order valence-electron chi connectivity index (χ2n) is 7.16. The van der Waals surface area contributed by atoms with Crippen molar-refractivity contribution in [2.75, 3.05) is 6.54 Å². The number of carbonyl (C=O) groups excluding carboxylic acids is 1. The first-order valence-corrected chi connectivity index (χ1v) is 11.8. The summed E-state index contributed by atoms with van der Waals surface area (Å²) in [6.07, 6.45) is 7.75. The molecular weight excluding hydrogens is 288 g/mol. The Bertz CT molecular complexity index is 513. The molecule has 0 spiro atoms. The lowest BCUT2D eigenvalue weighted by atomic mass is 10.2. The van der Waals surface area contributed by atoms with Crippen molar-refractivity contribution in [2.24, 2.45) is 0 Å². The van der Waals surface area contributed by atoms with Crippen LogP contribution in [0.1, 0.15) is 47.0 Å². The Kier molecular flexibility index (Phi) is 4.23. The monoisotopic (exact) mass is 318 g/mol. The third-order valence-corrected chi connectivity index (χ3v) is 12.7. The third kappa shape index (κ3) is 2.10. The fraction of sp³-hybridized carbons (Fsp3) is 0.722. The molecule has 2 atom stereocenters. The molecule has 22 heavy (non-hydrogen) atoms. The molecule has 122 valence electrons. The van der Waals surface area contributed by atoms with Gasteiger partial charge < -0.3 is 4.90 Å². The van der Waals surface area contributed by atoms with E-state index in [1.807, 2.05) is 0 Å². The zero-order valence-electron chi connectivity index (χ0n) is 14.6. The second kappa shape index (κ2) is 5.87. The van der Waals surface area contributed by atoms with Crippen LogP contribution >= 0.6 is 0 Å². The van der Waals surface area contributed by atoms with Gasteiger partial charge in [0.05, 0.1) is 19.8 Å². The molecule has 4 heteroatoms. The SMILES string of the molecule is CC[Si](CC)(CC)[C@@H]1[C@@H]2CCCN2C(=O)N1C1=C(C)C=CC1. The van der Waals surface area contributed by atoms with Gasteiger partial charge in [-0.1, -0.05) is 51.1 Å². The molecular formula is C18H30N2OSi. The highest BCUT2D eigenvalue weighted by Crippen LogP contribution is 2.44. The van der Waals surface area contributed by atoms with Gasteiger partial charge in [0.15, 0.2) is 0 Å². The molecule has 2 aliphatic heterocycles. The molecule has 2 saturated heterocycles. The van der Waals surface area contributed by atoms with Crippen molar-refractivity contribution in [1.29, 1.82) is 0 Å². The molecule has 0 aromatic heterocycles. The van der Waals surface area contributed by atoms with Crippen LogP contribution in [0.5, 0.6) is 0 Å². The molecule has 3 rings (SSSR count). The number of amides is 2. The minimum absolute atomic E-state index is 0.303. The average molecular weight is 319 g/mol. The molecule has 3 aliphatic rings. The summed E-state index contributed by atoms with van der Waals surface area (Å²) in [4.78, 5) is 17.6. The molecule has 0 saturated carbocycles. The molecule has 0 radical (unpaired) electrons. The lowest BCUT2D eigenvalue weighted by molar-refractivity contribution is 0.199. The van der Waals surface area contributed by atoms with Gasteiger partial charge in [-0.05, 0) is 25.3 Å². The topological polar surface area (TPSA) is 23.6 Å². The summed E-state index contributed by atoms with van der Waals surface area (Å²) in [6.45, 7) is 10.2. The van der Waals surface area contributed by atoms with E-state index in [-0.39, 0.29) is 0 Å². The Morgan fingerprint density at radius 2 is 1.91 bits per heavy atom. The number of hydrogen-bond acceptors (Lipinski definition) is 1. The van der Waals surface area contributed by atoms with Gasteiger partial charge in [0, 0.05) is 18.7 Å². The number of carbonyl (C=O) groups is 1. The van der Waals surface area contributed by atoms with Crippen molar-refractivity contribution >= 4 is 14.1 Å². The Labute approximate surface area is 136 Å². The first-order valence-electron chi connectivity index (χ1n) is 9.05. The van der Waals surface area contributed by atoms with E-state index < -0.39 is 8.07 Å². The molecule has 0 N–H and O–H groups in total. The summed E-state index contributed by atoms with van der Waals surface area (Å²) in [5, 5.41) is 0. The smallest absolute Gasteiger partial charge is 0.320 e. The van der Waals surface area contributed by atoms with Gasteiger partial charge in [0.25, 0.3) is 0 Å². The Balaban J connectivity index is 2.06. The normalized spacial score (nSPS) is 28.3. The maximum Gasteiger partial charge on any atom is 0.324 e. The minimum Gasteiger partial charge on any atom is -0.320 e. The van der Waals surface area contributed by atoms with Crippen LogP contribution in [-0.4, -0.2) is 42.2 Å². The van der Waals surface area contributed by atoms with E-state index in [2.05, 4.69) is 49.6 Å². The summed E-state index contributed by atoms with van der Waals surface area (Å²) >= 11 is 0. The predicted octanol–water partition coefficient (Wildman–Crippen LogP) is 4.54. The van der Waals surface area contributed by atoms with Gasteiger partial charge >= 0.3 is 6.03 Å². The molecule has 0 aromatic carbocycles. The van der Waals surface area contributed by atoms with Gasteiger partial charge in [-0.15, -0.1) is 0 Å². The van der Waals surface area contributed by atoms with Gasteiger partial charge in [-0.2, -0.15) is 0 Å². The maximum absolute atomic E-state index is 13.1. The van der Waals surface area contributed by atoms with Crippen LogP contribution in [0.4, 0.5) is 4.79 Å². The van der Waals surface area contributed by atoms with Gasteiger partial charge in [0.2, 0.25) is 0 Å². The van der Waals surface area contributed by atoms with Crippen molar-refractivity contribution in [3.8, 4) is 0 Å². The first kappa shape index (κ1) is 15.8. The lowest BCUT2D eigenvalue weighted by Gasteiger charge is -2.42. The molecule has 0 aromatic rings. The summed E-state index contributed by atoms with van der Waals surface area (Å²) in [7, 11) is -1.47. The van der Waals surface area contributed by atoms with Crippen LogP contribution in [0.2, 0.25) is 18.1 Å². The summed E-state index contributed by atoms with van der Waals surface area (Å²) in [5.41, 5.74) is 3.08. The second-order valence-corrected chi connectivity index (χ2v) is 12.6. The Morgan fingerprint density at radius 1 is 1.23 bits per heavy atom. The molecule has 2 heterocycles. The maximum atomic E-state index is 13.1. The quantitative estimate of drug-likeness (QED) is 0.683. The molecule has 2 fully saturated rings.